The Morgan fingerprint density at radius 1 is 1.33 bits per heavy atom. The van der Waals surface area contributed by atoms with E-state index < -0.39 is 5.41 Å². The third-order valence-corrected chi connectivity index (χ3v) is 5.04. The summed E-state index contributed by atoms with van der Waals surface area (Å²) in [5.41, 5.74) is 0.281. The van der Waals surface area contributed by atoms with Gasteiger partial charge in [0.25, 0.3) is 0 Å². The van der Waals surface area contributed by atoms with Gasteiger partial charge in [0.05, 0.1) is 17.9 Å². The van der Waals surface area contributed by atoms with Gasteiger partial charge >= 0.3 is 0 Å². The zero-order valence-corrected chi connectivity index (χ0v) is 16.5. The summed E-state index contributed by atoms with van der Waals surface area (Å²) in [6.07, 6.45) is 1.52. The molecule has 0 radical (unpaired) electrons. The van der Waals surface area contributed by atoms with E-state index in [2.05, 4.69) is 10.1 Å². The predicted octanol–water partition coefficient (Wildman–Crippen LogP) is 3.28. The molecule has 1 saturated heterocycles. The molecule has 0 saturated carbocycles. The number of thioether (sulfide) groups is 1. The van der Waals surface area contributed by atoms with E-state index in [-0.39, 0.29) is 18.2 Å². The number of nitrogens with zero attached hydrogens (tertiary/aromatic N) is 3. The summed E-state index contributed by atoms with van der Waals surface area (Å²) in [5, 5.41) is 4.59. The Bertz CT molecular complexity index is 881. The van der Waals surface area contributed by atoms with Crippen LogP contribution in [0.5, 0.6) is 5.75 Å². The minimum absolute atomic E-state index is 0.0332. The molecule has 0 N–H and O–H groups in total. The van der Waals surface area contributed by atoms with Crippen molar-refractivity contribution in [2.75, 3.05) is 12.9 Å². The highest BCUT2D eigenvalue weighted by molar-refractivity contribution is 8.04. The van der Waals surface area contributed by atoms with Crippen molar-refractivity contribution in [1.82, 2.24) is 15.0 Å². The number of ether oxygens (including phenoxy) is 1. The van der Waals surface area contributed by atoms with Crippen LogP contribution >= 0.6 is 11.8 Å². The van der Waals surface area contributed by atoms with Gasteiger partial charge in [-0.05, 0) is 24.3 Å². The van der Waals surface area contributed by atoms with E-state index in [1.54, 1.807) is 7.11 Å². The summed E-state index contributed by atoms with van der Waals surface area (Å²) in [6.45, 7) is 5.67. The van der Waals surface area contributed by atoms with Crippen LogP contribution in [-0.2, 0) is 16.1 Å². The van der Waals surface area contributed by atoms with Crippen LogP contribution < -0.4 is 4.74 Å². The fourth-order valence-corrected chi connectivity index (χ4v) is 3.28. The Labute approximate surface area is 161 Å². The number of hydrogen-bond donors (Lipinski definition) is 0. The minimum Gasteiger partial charge on any atom is -0.497 e. The van der Waals surface area contributed by atoms with Gasteiger partial charge in [0.1, 0.15) is 12.3 Å². The van der Waals surface area contributed by atoms with Crippen LogP contribution in [0, 0.1) is 5.41 Å². The Balaban J connectivity index is 1.77. The highest BCUT2D eigenvalue weighted by atomic mass is 32.2. The number of carbonyl (C=O) groups is 2. The smallest absolute Gasteiger partial charge is 0.247 e. The van der Waals surface area contributed by atoms with Crippen molar-refractivity contribution in [2.45, 2.75) is 27.3 Å². The molecule has 7 nitrogen and oxygen atoms in total. The number of rotatable bonds is 5. The summed E-state index contributed by atoms with van der Waals surface area (Å²) in [4.78, 5) is 30.4. The number of allylic oxidation sites excluding steroid dienone is 1. The van der Waals surface area contributed by atoms with Crippen molar-refractivity contribution in [1.29, 1.82) is 0 Å². The Hall–Kier alpha value is -2.61. The molecule has 27 heavy (non-hydrogen) atoms. The molecule has 8 heteroatoms. The van der Waals surface area contributed by atoms with Crippen molar-refractivity contribution in [2.24, 2.45) is 5.41 Å². The molecule has 0 aliphatic carbocycles. The summed E-state index contributed by atoms with van der Waals surface area (Å²) in [7, 11) is 1.60. The Morgan fingerprint density at radius 3 is 2.67 bits per heavy atom. The molecule has 0 spiro atoms. The molecule has 0 unspecified atom stereocenters. The van der Waals surface area contributed by atoms with Crippen molar-refractivity contribution in [3.8, 4) is 17.1 Å². The van der Waals surface area contributed by atoms with Gasteiger partial charge in [-0.3, -0.25) is 14.5 Å². The first-order valence-corrected chi connectivity index (χ1v) is 9.43. The fraction of sp³-hybridized carbons (Fsp3) is 0.368. The summed E-state index contributed by atoms with van der Waals surface area (Å²) in [5.74, 6) is 1.66. The molecular weight excluding hydrogens is 366 g/mol. The molecule has 1 aromatic carbocycles. The quantitative estimate of drug-likeness (QED) is 0.728. The first kappa shape index (κ1) is 19.2. The van der Waals surface area contributed by atoms with Crippen molar-refractivity contribution in [3.05, 3.63) is 41.3 Å². The lowest BCUT2D eigenvalue weighted by Gasteiger charge is -2.17. The summed E-state index contributed by atoms with van der Waals surface area (Å²) < 4.78 is 10.4. The third-order valence-electron chi connectivity index (χ3n) is 4.01. The Kier molecular flexibility index (Phi) is 5.36. The second kappa shape index (κ2) is 7.56. The molecule has 0 bridgehead atoms. The highest BCUT2D eigenvalue weighted by Crippen LogP contribution is 2.32. The average molecular weight is 387 g/mol. The number of aromatic nitrogens is 2. The number of hydrogen-bond acceptors (Lipinski definition) is 7. The topological polar surface area (TPSA) is 85.5 Å². The molecule has 1 aromatic heterocycles. The van der Waals surface area contributed by atoms with E-state index in [1.165, 1.54) is 22.7 Å². The molecule has 1 fully saturated rings. The van der Waals surface area contributed by atoms with Gasteiger partial charge in [-0.1, -0.05) is 37.7 Å². The molecule has 1 amide bonds. The predicted molar refractivity (Wildman–Crippen MR) is 102 cm³/mol. The number of carbonyl (C=O) groups excluding carboxylic acids is 2. The molecular formula is C19H21N3O4S. The second-order valence-electron chi connectivity index (χ2n) is 7.11. The van der Waals surface area contributed by atoms with E-state index in [0.29, 0.717) is 22.5 Å². The number of ketones is 1. The molecule has 0 atom stereocenters. The zero-order chi connectivity index (χ0) is 19.6. The van der Waals surface area contributed by atoms with Gasteiger partial charge in [0.2, 0.25) is 17.6 Å². The minimum atomic E-state index is -0.503. The van der Waals surface area contributed by atoms with Crippen LogP contribution in [0.4, 0.5) is 0 Å². The van der Waals surface area contributed by atoms with E-state index >= 15 is 0 Å². The highest BCUT2D eigenvalue weighted by Gasteiger charge is 2.30. The number of methoxy groups -OCH3 is 1. The van der Waals surface area contributed by atoms with Gasteiger partial charge in [0.15, 0.2) is 5.78 Å². The lowest BCUT2D eigenvalue weighted by molar-refractivity contribution is -0.126. The maximum absolute atomic E-state index is 12.3. The molecule has 1 aliphatic heterocycles. The number of amides is 1. The second-order valence-corrected chi connectivity index (χ2v) is 8.10. The first-order valence-electron chi connectivity index (χ1n) is 8.44. The van der Waals surface area contributed by atoms with E-state index in [0.717, 1.165) is 11.3 Å². The summed E-state index contributed by atoms with van der Waals surface area (Å²) >= 11 is 1.34. The monoisotopic (exact) mass is 387 g/mol. The standard InChI is InChI=1S/C19H21N3O4S/c1-19(2,3)14(23)9-17-22(16(24)11-27-17)10-15-20-18(21-26-15)12-5-7-13(25-4)8-6-12/h5-9H,10-11H2,1-4H3/b17-9-. The van der Waals surface area contributed by atoms with Crippen molar-refractivity contribution in [3.63, 3.8) is 0 Å². The normalized spacial score (nSPS) is 16.2. The van der Waals surface area contributed by atoms with Crippen LogP contribution in [0.3, 0.4) is 0 Å². The number of benzene rings is 1. The SMILES string of the molecule is COc1ccc(-c2noc(CN3C(=O)CS/C3=C\C(=O)C(C)(C)C)n2)cc1. The van der Waals surface area contributed by atoms with Gasteiger partial charge in [-0.2, -0.15) is 4.98 Å². The maximum atomic E-state index is 12.3. The van der Waals surface area contributed by atoms with Gasteiger partial charge in [-0.15, -0.1) is 0 Å². The van der Waals surface area contributed by atoms with E-state index in [9.17, 15) is 9.59 Å². The Morgan fingerprint density at radius 2 is 2.04 bits per heavy atom. The van der Waals surface area contributed by atoms with Crippen LogP contribution in [0.15, 0.2) is 39.9 Å². The van der Waals surface area contributed by atoms with Gasteiger partial charge in [-0.25, -0.2) is 0 Å². The van der Waals surface area contributed by atoms with Crippen LogP contribution in [0.2, 0.25) is 0 Å². The lowest BCUT2D eigenvalue weighted by atomic mass is 9.91. The average Bonchev–Trinajstić information content (AvgIpc) is 3.23. The van der Waals surface area contributed by atoms with Crippen LogP contribution in [-0.4, -0.2) is 39.6 Å². The fourth-order valence-electron chi connectivity index (χ4n) is 2.34. The van der Waals surface area contributed by atoms with Gasteiger partial charge in [0, 0.05) is 17.1 Å². The van der Waals surface area contributed by atoms with Crippen LogP contribution in [0.1, 0.15) is 26.7 Å². The van der Waals surface area contributed by atoms with Crippen molar-refractivity contribution < 1.29 is 18.8 Å². The first-order chi connectivity index (χ1) is 12.8. The third kappa shape index (κ3) is 4.39. The van der Waals surface area contributed by atoms with E-state index in [4.69, 9.17) is 9.26 Å². The molecule has 2 heterocycles. The van der Waals surface area contributed by atoms with Crippen LogP contribution in [0.25, 0.3) is 11.4 Å². The summed E-state index contributed by atoms with van der Waals surface area (Å²) in [6, 6.07) is 7.28. The molecule has 3 rings (SSSR count). The molecule has 2 aromatic rings. The molecule has 1 aliphatic rings. The van der Waals surface area contributed by atoms with Crippen molar-refractivity contribution >= 4 is 23.5 Å². The van der Waals surface area contributed by atoms with E-state index in [1.807, 2.05) is 45.0 Å². The lowest BCUT2D eigenvalue weighted by Crippen LogP contribution is -2.26. The largest absolute Gasteiger partial charge is 0.497 e. The molecule has 142 valence electrons. The zero-order valence-electron chi connectivity index (χ0n) is 15.7. The maximum Gasteiger partial charge on any atom is 0.247 e. The van der Waals surface area contributed by atoms with Gasteiger partial charge < -0.3 is 9.26 Å².